The summed E-state index contributed by atoms with van der Waals surface area (Å²) in [6.07, 6.45) is 2.60. The van der Waals surface area contributed by atoms with E-state index in [2.05, 4.69) is 10.1 Å². The van der Waals surface area contributed by atoms with Crippen LogP contribution < -0.4 is 5.32 Å². The van der Waals surface area contributed by atoms with E-state index in [-0.39, 0.29) is 12.2 Å². The second-order valence-corrected chi connectivity index (χ2v) is 7.58. The van der Waals surface area contributed by atoms with Crippen LogP contribution in [0.3, 0.4) is 0 Å². The first-order valence-corrected chi connectivity index (χ1v) is 10.2. The fraction of sp³-hybridized carbons (Fsp3) is 0.333. The molecule has 1 aromatic heterocycles. The number of aryl methyl sites for hydroxylation is 1. The number of nitrogens with one attached hydrogen (secondary N) is 1. The molecular weight excluding hydrogens is 410 g/mol. The fourth-order valence-corrected chi connectivity index (χ4v) is 4.44. The number of carbonyl (C=O) groups is 4. The summed E-state index contributed by atoms with van der Waals surface area (Å²) >= 11 is 1.35. The fourth-order valence-electron chi connectivity index (χ4n) is 3.15. The predicted octanol–water partition coefficient (Wildman–Crippen LogP) is 3.00. The highest BCUT2D eigenvalue weighted by atomic mass is 32.1. The molecule has 0 saturated heterocycles. The molecule has 0 unspecified atom stereocenters. The van der Waals surface area contributed by atoms with Gasteiger partial charge in [-0.3, -0.25) is 4.79 Å². The zero-order chi connectivity index (χ0) is 21.7. The third kappa shape index (κ3) is 4.68. The number of hydrogen-bond acceptors (Lipinski definition) is 8. The van der Waals surface area contributed by atoms with E-state index in [1.165, 1.54) is 42.7 Å². The van der Waals surface area contributed by atoms with E-state index >= 15 is 0 Å². The minimum absolute atomic E-state index is 0.192. The Hall–Kier alpha value is -3.20. The molecule has 0 spiro atoms. The third-order valence-corrected chi connectivity index (χ3v) is 5.74. The van der Waals surface area contributed by atoms with Gasteiger partial charge in [0.1, 0.15) is 5.00 Å². The quantitative estimate of drug-likeness (QED) is 0.530. The van der Waals surface area contributed by atoms with Crippen molar-refractivity contribution < 1.29 is 33.4 Å². The number of amides is 1. The van der Waals surface area contributed by atoms with Crippen LogP contribution in [0.15, 0.2) is 24.3 Å². The number of ether oxygens (including phenoxy) is 3. The summed E-state index contributed by atoms with van der Waals surface area (Å²) in [5.74, 6) is -2.25. The van der Waals surface area contributed by atoms with Gasteiger partial charge in [-0.05, 0) is 56.0 Å². The van der Waals surface area contributed by atoms with Crippen molar-refractivity contribution >= 4 is 40.2 Å². The van der Waals surface area contributed by atoms with Crippen molar-refractivity contribution in [2.45, 2.75) is 26.2 Å². The van der Waals surface area contributed by atoms with Gasteiger partial charge in [-0.2, -0.15) is 0 Å². The largest absolute Gasteiger partial charge is 0.465 e. The van der Waals surface area contributed by atoms with Gasteiger partial charge in [0.05, 0.1) is 30.4 Å². The lowest BCUT2D eigenvalue weighted by Gasteiger charge is -2.09. The van der Waals surface area contributed by atoms with Crippen LogP contribution in [0, 0.1) is 0 Å². The Kier molecular flexibility index (Phi) is 6.83. The number of anilines is 1. The lowest BCUT2D eigenvalue weighted by atomic mass is 10.1. The van der Waals surface area contributed by atoms with Crippen LogP contribution in [0.1, 0.15) is 54.9 Å². The van der Waals surface area contributed by atoms with Crippen LogP contribution in [0.5, 0.6) is 0 Å². The number of rotatable bonds is 7. The van der Waals surface area contributed by atoms with Gasteiger partial charge >= 0.3 is 17.9 Å². The van der Waals surface area contributed by atoms with Crippen molar-refractivity contribution in [3.8, 4) is 0 Å². The highest BCUT2D eigenvalue weighted by Gasteiger charge is 2.28. The molecule has 1 aliphatic rings. The van der Waals surface area contributed by atoms with E-state index in [1.54, 1.807) is 6.92 Å². The zero-order valence-corrected chi connectivity index (χ0v) is 17.4. The van der Waals surface area contributed by atoms with Crippen molar-refractivity contribution in [2.24, 2.45) is 0 Å². The van der Waals surface area contributed by atoms with Gasteiger partial charge < -0.3 is 19.5 Å². The Bertz CT molecular complexity index is 978. The Morgan fingerprint density at radius 1 is 0.967 bits per heavy atom. The molecule has 1 aliphatic carbocycles. The molecule has 0 atom stereocenters. The van der Waals surface area contributed by atoms with Gasteiger partial charge in [0.25, 0.3) is 5.91 Å². The highest BCUT2D eigenvalue weighted by molar-refractivity contribution is 7.17. The van der Waals surface area contributed by atoms with Crippen LogP contribution in [0.2, 0.25) is 0 Å². The first-order valence-electron chi connectivity index (χ1n) is 9.41. The maximum atomic E-state index is 12.3. The molecule has 0 bridgehead atoms. The average Bonchev–Trinajstić information content (AvgIpc) is 3.32. The molecule has 3 rings (SSSR count). The number of thiophene rings is 1. The molecule has 0 radical (unpaired) electrons. The molecule has 0 aliphatic heterocycles. The monoisotopic (exact) mass is 431 g/mol. The minimum Gasteiger partial charge on any atom is -0.465 e. The number of hydrogen-bond donors (Lipinski definition) is 1. The molecule has 1 aromatic carbocycles. The number of esters is 3. The standard InChI is InChI=1S/C21H21NO7S/c1-3-28-21(26)17-14-5-4-6-15(14)30-18(17)22-16(23)11-29-20(25)13-9-7-12(8-10-13)19(24)27-2/h7-10H,3-6,11H2,1-2H3,(H,22,23). The summed E-state index contributed by atoms with van der Waals surface area (Å²) in [5, 5.41) is 3.08. The molecule has 2 aromatic rings. The van der Waals surface area contributed by atoms with Gasteiger partial charge in [0.2, 0.25) is 0 Å². The summed E-state index contributed by atoms with van der Waals surface area (Å²) in [7, 11) is 1.26. The highest BCUT2D eigenvalue weighted by Crippen LogP contribution is 2.39. The Morgan fingerprint density at radius 2 is 1.63 bits per heavy atom. The van der Waals surface area contributed by atoms with Crippen molar-refractivity contribution in [1.82, 2.24) is 0 Å². The molecule has 8 nitrogen and oxygen atoms in total. The Labute approximate surface area is 177 Å². The second kappa shape index (κ2) is 9.53. The van der Waals surface area contributed by atoms with Crippen LogP contribution in [0.25, 0.3) is 0 Å². The van der Waals surface area contributed by atoms with Gasteiger partial charge in [0, 0.05) is 4.88 Å². The first kappa shape index (κ1) is 21.5. The number of carbonyl (C=O) groups excluding carboxylic acids is 4. The summed E-state index contributed by atoms with van der Waals surface area (Å²) in [6, 6.07) is 5.69. The molecule has 0 fully saturated rings. The molecule has 9 heteroatoms. The maximum absolute atomic E-state index is 12.3. The first-order chi connectivity index (χ1) is 14.4. The predicted molar refractivity (Wildman–Crippen MR) is 109 cm³/mol. The third-order valence-electron chi connectivity index (χ3n) is 4.53. The van der Waals surface area contributed by atoms with E-state index in [0.717, 1.165) is 29.7 Å². The Balaban J connectivity index is 1.62. The van der Waals surface area contributed by atoms with E-state index in [9.17, 15) is 19.2 Å². The smallest absolute Gasteiger partial charge is 0.341 e. The number of benzene rings is 1. The number of methoxy groups -OCH3 is 1. The van der Waals surface area contributed by atoms with E-state index in [0.29, 0.717) is 16.1 Å². The summed E-state index contributed by atoms with van der Waals surface area (Å²) < 4.78 is 14.8. The topological polar surface area (TPSA) is 108 Å². The van der Waals surface area contributed by atoms with Crippen molar-refractivity contribution in [3.63, 3.8) is 0 Å². The van der Waals surface area contributed by atoms with Crippen LogP contribution in [-0.2, 0) is 31.8 Å². The van der Waals surface area contributed by atoms with Crippen LogP contribution >= 0.6 is 11.3 Å². The molecule has 1 heterocycles. The van der Waals surface area contributed by atoms with Crippen molar-refractivity contribution in [2.75, 3.05) is 25.6 Å². The van der Waals surface area contributed by atoms with E-state index in [4.69, 9.17) is 9.47 Å². The maximum Gasteiger partial charge on any atom is 0.341 e. The van der Waals surface area contributed by atoms with Crippen molar-refractivity contribution in [3.05, 3.63) is 51.4 Å². The van der Waals surface area contributed by atoms with E-state index in [1.807, 2.05) is 0 Å². The normalized spacial score (nSPS) is 12.1. The average molecular weight is 431 g/mol. The minimum atomic E-state index is -0.708. The molecular formula is C21H21NO7S. The van der Waals surface area contributed by atoms with Gasteiger partial charge in [-0.1, -0.05) is 0 Å². The molecule has 158 valence electrons. The molecule has 1 N–H and O–H groups in total. The summed E-state index contributed by atoms with van der Waals surface area (Å²) in [6.45, 7) is 1.45. The van der Waals surface area contributed by atoms with E-state index < -0.39 is 30.4 Å². The SMILES string of the molecule is CCOC(=O)c1c(NC(=O)COC(=O)c2ccc(C(=O)OC)cc2)sc2c1CCC2. The lowest BCUT2D eigenvalue weighted by molar-refractivity contribution is -0.119. The van der Waals surface area contributed by atoms with Crippen LogP contribution in [0.4, 0.5) is 5.00 Å². The second-order valence-electron chi connectivity index (χ2n) is 6.48. The van der Waals surface area contributed by atoms with Gasteiger partial charge in [-0.15, -0.1) is 11.3 Å². The summed E-state index contributed by atoms with van der Waals surface area (Å²) in [5.41, 5.74) is 1.81. The lowest BCUT2D eigenvalue weighted by Crippen LogP contribution is -2.22. The Morgan fingerprint density at radius 3 is 2.27 bits per heavy atom. The molecule has 1 amide bonds. The molecule has 30 heavy (non-hydrogen) atoms. The van der Waals surface area contributed by atoms with Gasteiger partial charge in [0.15, 0.2) is 6.61 Å². The zero-order valence-electron chi connectivity index (χ0n) is 16.6. The molecule has 0 saturated carbocycles. The van der Waals surface area contributed by atoms with Gasteiger partial charge in [-0.25, -0.2) is 14.4 Å². The number of fused-ring (bicyclic) bond motifs is 1. The van der Waals surface area contributed by atoms with Crippen molar-refractivity contribution in [1.29, 1.82) is 0 Å². The van der Waals surface area contributed by atoms with Crippen LogP contribution in [-0.4, -0.2) is 44.1 Å². The summed E-state index contributed by atoms with van der Waals surface area (Å²) in [4.78, 5) is 49.3.